The Labute approximate surface area is 349 Å². The quantitative estimate of drug-likeness (QED) is 0.208. The normalized spacial score (nSPS) is 20.4. The van der Waals surface area contributed by atoms with E-state index in [1.54, 1.807) is 54.0 Å². The fourth-order valence-corrected chi connectivity index (χ4v) is 11.1. The van der Waals surface area contributed by atoms with E-state index in [0.717, 1.165) is 52.0 Å². The fraction of sp³-hybridized carbons (Fsp3) is 0.349. The zero-order chi connectivity index (χ0) is 41.5. The molecule has 8 rings (SSSR count). The van der Waals surface area contributed by atoms with Crippen LogP contribution in [0.25, 0.3) is 23.3 Å². The van der Waals surface area contributed by atoms with Crippen molar-refractivity contribution in [2.75, 3.05) is 38.7 Å². The minimum absolute atomic E-state index is 0.0160. The predicted octanol–water partition coefficient (Wildman–Crippen LogP) is 7.46. The number of Topliss-reactive ketones (excluding diaryl/α,β-unsaturated/α-hetero) is 1. The number of pyridine rings is 2. The van der Waals surface area contributed by atoms with E-state index in [0.29, 0.717) is 60.2 Å². The molecule has 0 amide bonds. The number of allylic oxidation sites excluding steroid dienone is 1. The average molecular weight is 864 g/mol. The Balaban J connectivity index is 0.000000177. The molecule has 0 saturated carbocycles. The maximum Gasteiger partial charge on any atom is 0.336 e. The molecule has 4 heterocycles. The van der Waals surface area contributed by atoms with E-state index >= 15 is 0 Å². The largest absolute Gasteiger partial charge is 0.478 e. The first-order valence-electron chi connectivity index (χ1n) is 19.1. The van der Waals surface area contributed by atoms with Crippen LogP contribution >= 0.6 is 23.2 Å². The van der Waals surface area contributed by atoms with Gasteiger partial charge in [-0.2, -0.15) is 0 Å². The average Bonchev–Trinajstić information content (AvgIpc) is 3.42. The number of hydrogen-bond acceptors (Lipinski definition) is 8. The Kier molecular flexibility index (Phi) is 12.1. The summed E-state index contributed by atoms with van der Waals surface area (Å²) in [5.41, 5.74) is 7.63. The fourth-order valence-electron chi connectivity index (χ4n) is 8.96. The van der Waals surface area contributed by atoms with E-state index in [-0.39, 0.29) is 35.0 Å². The molecule has 0 spiro atoms. The Morgan fingerprint density at radius 3 is 1.43 bits per heavy atom. The summed E-state index contributed by atoms with van der Waals surface area (Å²) in [5.74, 6) is -0.818. The Morgan fingerprint density at radius 2 is 1.05 bits per heavy atom. The van der Waals surface area contributed by atoms with E-state index in [2.05, 4.69) is 4.98 Å². The van der Waals surface area contributed by atoms with Crippen molar-refractivity contribution in [1.29, 1.82) is 0 Å². The molecule has 2 aromatic heterocycles. The molecule has 0 bridgehead atoms. The van der Waals surface area contributed by atoms with Gasteiger partial charge in [-0.05, 0) is 115 Å². The van der Waals surface area contributed by atoms with Gasteiger partial charge in [-0.3, -0.25) is 14.8 Å². The molecule has 0 radical (unpaired) electrons. The van der Waals surface area contributed by atoms with Crippen LogP contribution in [0.1, 0.15) is 89.2 Å². The van der Waals surface area contributed by atoms with Gasteiger partial charge in [0.2, 0.25) is 20.0 Å². The summed E-state index contributed by atoms with van der Waals surface area (Å²) in [7, 11) is -6.41. The Morgan fingerprint density at radius 1 is 0.655 bits per heavy atom. The van der Waals surface area contributed by atoms with Crippen molar-refractivity contribution in [3.8, 4) is 0 Å². The third-order valence-electron chi connectivity index (χ3n) is 11.7. The number of carbonyl (C=O) groups excluding carboxylic acids is 1. The van der Waals surface area contributed by atoms with Crippen molar-refractivity contribution >= 4 is 78.3 Å². The van der Waals surface area contributed by atoms with Gasteiger partial charge >= 0.3 is 5.97 Å². The van der Waals surface area contributed by atoms with Gasteiger partial charge in [-0.1, -0.05) is 47.5 Å². The Bertz CT molecular complexity index is 2390. The molecule has 2 aliphatic heterocycles. The maximum absolute atomic E-state index is 12.4. The molecule has 2 atom stereocenters. The molecule has 2 aliphatic carbocycles. The zero-order valence-corrected chi connectivity index (χ0v) is 35.5. The second kappa shape index (κ2) is 16.8. The molecule has 2 fully saturated rings. The van der Waals surface area contributed by atoms with Gasteiger partial charge in [0, 0.05) is 77.2 Å². The topological polar surface area (TPSA) is 155 Å². The second-order valence-corrected chi connectivity index (χ2v) is 20.2. The number of piperidine rings is 2. The predicted molar refractivity (Wildman–Crippen MR) is 227 cm³/mol. The van der Waals surface area contributed by atoms with Crippen molar-refractivity contribution in [2.45, 2.75) is 44.4 Å². The molecule has 304 valence electrons. The highest BCUT2D eigenvalue weighted by molar-refractivity contribution is 7.88. The highest BCUT2D eigenvalue weighted by atomic mass is 35.5. The number of sulfonamides is 2. The number of fused-ring (bicyclic) bond motifs is 4. The number of halogens is 2. The zero-order valence-electron chi connectivity index (χ0n) is 32.3. The second-order valence-electron chi connectivity index (χ2n) is 15.4. The number of aromatic nitrogens is 2. The molecule has 11 nitrogen and oxygen atoms in total. The summed E-state index contributed by atoms with van der Waals surface area (Å²) in [4.78, 5) is 33.7. The standard InChI is InChI=1S/C22H23ClN2O3S.C21H21ClN2O4S/c1-14(26)20-13-16-12-17(23)5-6-18(16)21(22-19(20)4-3-9-24-22)15-7-10-25(11-8-15)29(2,27)28;1-29(27,28)24-9-6-13(7-10-24)19-16-5-4-15(22)11-14(16)12-18(21(25)26)17-3-2-8-23-20(17)19/h3-6,9,12-13,15,21H,7-8,10-11H2,1-2H3;2-5,8,11-13,19H,6-7,9-10H2,1H3,(H,25,26). The monoisotopic (exact) mass is 862 g/mol. The first-order valence-corrected chi connectivity index (χ1v) is 23.5. The molecule has 58 heavy (non-hydrogen) atoms. The van der Waals surface area contributed by atoms with Crippen LogP contribution in [0.5, 0.6) is 0 Å². The van der Waals surface area contributed by atoms with Gasteiger partial charge in [-0.25, -0.2) is 30.2 Å². The smallest absolute Gasteiger partial charge is 0.336 e. The van der Waals surface area contributed by atoms with E-state index in [1.165, 1.54) is 16.8 Å². The highest BCUT2D eigenvalue weighted by Gasteiger charge is 2.38. The van der Waals surface area contributed by atoms with E-state index in [1.807, 2.05) is 42.5 Å². The molecule has 2 aromatic carbocycles. The van der Waals surface area contributed by atoms with Crippen LogP contribution in [0.3, 0.4) is 0 Å². The molecular weight excluding hydrogens is 820 g/mol. The molecule has 1 N–H and O–H groups in total. The van der Waals surface area contributed by atoms with Crippen LogP contribution in [0.4, 0.5) is 0 Å². The number of carboxylic acid groups (broad SMARTS) is 1. The van der Waals surface area contributed by atoms with Crippen molar-refractivity contribution in [3.05, 3.63) is 128 Å². The van der Waals surface area contributed by atoms with Gasteiger partial charge in [0.25, 0.3) is 0 Å². The summed E-state index contributed by atoms with van der Waals surface area (Å²) < 4.78 is 50.7. The number of carbonyl (C=O) groups is 2. The van der Waals surface area contributed by atoms with E-state index in [4.69, 9.17) is 28.2 Å². The highest BCUT2D eigenvalue weighted by Crippen LogP contribution is 2.46. The number of rotatable bonds is 6. The summed E-state index contributed by atoms with van der Waals surface area (Å²) >= 11 is 12.5. The van der Waals surface area contributed by atoms with Crippen LogP contribution in [0.15, 0.2) is 73.1 Å². The number of ketones is 1. The molecule has 2 unspecified atom stereocenters. The summed E-state index contributed by atoms with van der Waals surface area (Å²) in [6.45, 7) is 3.46. The van der Waals surface area contributed by atoms with E-state index < -0.39 is 26.0 Å². The third kappa shape index (κ3) is 8.71. The first-order chi connectivity index (χ1) is 27.5. The summed E-state index contributed by atoms with van der Waals surface area (Å²) in [5, 5.41) is 11.0. The minimum Gasteiger partial charge on any atom is -0.478 e. The van der Waals surface area contributed by atoms with Crippen molar-refractivity contribution < 1.29 is 31.5 Å². The lowest BCUT2D eigenvalue weighted by Crippen LogP contribution is -2.39. The van der Waals surface area contributed by atoms with Crippen molar-refractivity contribution in [3.63, 3.8) is 0 Å². The molecular formula is C43H44Cl2N4O7S2. The number of hydrogen-bond donors (Lipinski definition) is 1. The van der Waals surface area contributed by atoms with Gasteiger partial charge < -0.3 is 5.11 Å². The summed E-state index contributed by atoms with van der Waals surface area (Å²) in [6, 6.07) is 18.6. The molecule has 4 aromatic rings. The lowest BCUT2D eigenvalue weighted by molar-refractivity contribution is -0.130. The first kappa shape index (κ1) is 41.9. The van der Waals surface area contributed by atoms with Crippen LogP contribution < -0.4 is 0 Å². The number of benzene rings is 2. The lowest BCUT2D eigenvalue weighted by Gasteiger charge is -2.35. The van der Waals surface area contributed by atoms with E-state index in [9.17, 15) is 31.5 Å². The molecule has 2 saturated heterocycles. The Hall–Kier alpha value is -4.24. The SMILES string of the molecule is CC(=O)C1=Cc2cc(Cl)ccc2C(C2CCN(S(C)(=O)=O)CC2)c2ncccc21.CS(=O)(=O)N1CCC(C2c3ccc(Cl)cc3C=C(C(=O)O)c3cccnc32)CC1. The molecule has 4 aliphatic rings. The van der Waals surface area contributed by atoms with Gasteiger partial charge in [0.15, 0.2) is 5.78 Å². The minimum atomic E-state index is -3.22. The molecule has 15 heteroatoms. The number of nitrogens with zero attached hydrogens (tertiary/aromatic N) is 4. The number of aliphatic carboxylic acids is 1. The third-order valence-corrected chi connectivity index (χ3v) is 14.8. The van der Waals surface area contributed by atoms with Crippen LogP contribution in [-0.4, -0.2) is 91.0 Å². The van der Waals surface area contributed by atoms with Gasteiger partial charge in [-0.15, -0.1) is 0 Å². The summed E-state index contributed by atoms with van der Waals surface area (Å²) in [6.07, 6.45) is 12.3. The number of carboxylic acids is 1. The van der Waals surface area contributed by atoms with Crippen LogP contribution in [-0.2, 0) is 29.6 Å². The lowest BCUT2D eigenvalue weighted by atomic mass is 9.76. The van der Waals surface area contributed by atoms with Gasteiger partial charge in [0.1, 0.15) is 0 Å². The van der Waals surface area contributed by atoms with Gasteiger partial charge in [0.05, 0.1) is 29.5 Å². The van der Waals surface area contributed by atoms with Crippen LogP contribution in [0.2, 0.25) is 10.0 Å². The van der Waals surface area contributed by atoms with Crippen molar-refractivity contribution in [2.24, 2.45) is 11.8 Å². The maximum atomic E-state index is 12.4. The van der Waals surface area contributed by atoms with Crippen molar-refractivity contribution in [1.82, 2.24) is 18.6 Å². The van der Waals surface area contributed by atoms with Crippen LogP contribution in [0, 0.1) is 11.8 Å².